The second kappa shape index (κ2) is 5.97. The summed E-state index contributed by atoms with van der Waals surface area (Å²) in [5.74, 6) is -0.371. The third kappa shape index (κ3) is 3.20. The molecule has 0 aromatic carbocycles. The first-order valence-corrected chi connectivity index (χ1v) is 7.70. The Balaban J connectivity index is 2.09. The summed E-state index contributed by atoms with van der Waals surface area (Å²) >= 11 is 6.79. The van der Waals surface area contributed by atoms with Crippen LogP contribution in [0.3, 0.4) is 0 Å². The van der Waals surface area contributed by atoms with Gasteiger partial charge in [0.15, 0.2) is 0 Å². The Morgan fingerprint density at radius 2 is 2.00 bits per heavy atom. The highest BCUT2D eigenvalue weighted by Crippen LogP contribution is 2.35. The fourth-order valence-corrected chi connectivity index (χ4v) is 4.06. The van der Waals surface area contributed by atoms with E-state index in [-0.39, 0.29) is 5.97 Å². The number of hydrogen-bond donors (Lipinski definition) is 1. The van der Waals surface area contributed by atoms with Gasteiger partial charge in [-0.05, 0) is 40.2 Å². The van der Waals surface area contributed by atoms with Crippen LogP contribution in [-0.2, 0) is 16.0 Å². The minimum absolute atomic E-state index is 0.371. The Morgan fingerprint density at radius 1 is 1.33 bits per heavy atom. The Labute approximate surface area is 122 Å². The van der Waals surface area contributed by atoms with E-state index in [4.69, 9.17) is 5.73 Å². The van der Waals surface area contributed by atoms with Gasteiger partial charge >= 0.3 is 5.97 Å². The predicted octanol–water partition coefficient (Wildman–Crippen LogP) is 3.28. The van der Waals surface area contributed by atoms with Crippen LogP contribution >= 0.6 is 38.6 Å². The van der Waals surface area contributed by atoms with E-state index in [1.165, 1.54) is 16.9 Å². The lowest BCUT2D eigenvalue weighted by atomic mass is 10.2. The summed E-state index contributed by atoms with van der Waals surface area (Å²) < 4.78 is 5.73. The standard InChI is InChI=1S/C12H12BrNO2S2/c1-16-12(15)8(14)6-7-2-3-9(17-7)10-4-5-11(13)18-10/h2-5,8H,6,14H2,1H3. The molecule has 0 aliphatic heterocycles. The molecule has 2 aromatic rings. The van der Waals surface area contributed by atoms with Crippen LogP contribution in [0.15, 0.2) is 28.1 Å². The first kappa shape index (κ1) is 13.7. The number of methoxy groups -OCH3 is 1. The van der Waals surface area contributed by atoms with E-state index in [1.807, 2.05) is 12.1 Å². The molecule has 1 atom stereocenters. The number of esters is 1. The van der Waals surface area contributed by atoms with Crippen molar-refractivity contribution in [1.82, 2.24) is 0 Å². The molecule has 0 aliphatic carbocycles. The van der Waals surface area contributed by atoms with Crippen LogP contribution in [0.2, 0.25) is 0 Å². The van der Waals surface area contributed by atoms with E-state index in [9.17, 15) is 4.79 Å². The number of thiophene rings is 2. The maximum Gasteiger partial charge on any atom is 0.323 e. The Kier molecular flexibility index (Phi) is 4.55. The largest absolute Gasteiger partial charge is 0.468 e. The molecule has 2 aromatic heterocycles. The van der Waals surface area contributed by atoms with E-state index in [0.29, 0.717) is 6.42 Å². The number of hydrogen-bond acceptors (Lipinski definition) is 5. The molecule has 0 saturated heterocycles. The molecule has 96 valence electrons. The second-order valence-electron chi connectivity index (χ2n) is 3.70. The molecule has 2 rings (SSSR count). The molecule has 0 radical (unpaired) electrons. The van der Waals surface area contributed by atoms with Gasteiger partial charge in [0.1, 0.15) is 6.04 Å². The lowest BCUT2D eigenvalue weighted by Crippen LogP contribution is -2.33. The molecule has 2 heterocycles. The van der Waals surface area contributed by atoms with Crippen molar-refractivity contribution in [3.8, 4) is 9.75 Å². The van der Waals surface area contributed by atoms with Gasteiger partial charge in [0.25, 0.3) is 0 Å². The van der Waals surface area contributed by atoms with Crippen molar-refractivity contribution in [1.29, 1.82) is 0 Å². The molecule has 2 N–H and O–H groups in total. The smallest absolute Gasteiger partial charge is 0.323 e. The minimum Gasteiger partial charge on any atom is -0.468 e. The Bertz CT molecular complexity index is 550. The highest BCUT2D eigenvalue weighted by atomic mass is 79.9. The Hall–Kier alpha value is -0.690. The van der Waals surface area contributed by atoms with Crippen LogP contribution in [0.1, 0.15) is 4.88 Å². The Morgan fingerprint density at radius 3 is 2.61 bits per heavy atom. The zero-order valence-electron chi connectivity index (χ0n) is 9.68. The molecule has 1 unspecified atom stereocenters. The van der Waals surface area contributed by atoms with Crippen LogP contribution in [0.25, 0.3) is 9.75 Å². The molecule has 0 aliphatic rings. The third-order valence-corrected chi connectivity index (χ3v) is 5.33. The number of rotatable bonds is 4. The van der Waals surface area contributed by atoms with Gasteiger partial charge in [-0.2, -0.15) is 0 Å². The fraction of sp³-hybridized carbons (Fsp3) is 0.250. The average molecular weight is 346 g/mol. The quantitative estimate of drug-likeness (QED) is 0.865. The number of carbonyl (C=O) groups is 1. The molecule has 0 fully saturated rings. The SMILES string of the molecule is COC(=O)C(N)Cc1ccc(-c2ccc(Br)s2)s1. The van der Waals surface area contributed by atoms with Gasteiger partial charge in [0.05, 0.1) is 10.9 Å². The van der Waals surface area contributed by atoms with Crippen molar-refractivity contribution in [2.45, 2.75) is 12.5 Å². The van der Waals surface area contributed by atoms with Crippen molar-refractivity contribution in [2.75, 3.05) is 7.11 Å². The van der Waals surface area contributed by atoms with Crippen LogP contribution in [0, 0.1) is 0 Å². The zero-order valence-corrected chi connectivity index (χ0v) is 12.9. The van der Waals surface area contributed by atoms with Gasteiger partial charge < -0.3 is 10.5 Å². The summed E-state index contributed by atoms with van der Waals surface area (Å²) in [7, 11) is 1.35. The zero-order chi connectivity index (χ0) is 13.1. The van der Waals surface area contributed by atoms with Crippen molar-refractivity contribution in [2.24, 2.45) is 5.73 Å². The number of carbonyl (C=O) groups excluding carboxylic acids is 1. The van der Waals surface area contributed by atoms with Crippen LogP contribution < -0.4 is 5.73 Å². The first-order chi connectivity index (χ1) is 8.60. The normalized spacial score (nSPS) is 12.4. The highest BCUT2D eigenvalue weighted by Gasteiger charge is 2.15. The molecule has 0 bridgehead atoms. The van der Waals surface area contributed by atoms with Crippen molar-refractivity contribution >= 4 is 44.6 Å². The maximum atomic E-state index is 11.2. The van der Waals surface area contributed by atoms with E-state index in [1.54, 1.807) is 22.7 Å². The summed E-state index contributed by atoms with van der Waals surface area (Å²) in [4.78, 5) is 14.7. The molecular formula is C12H12BrNO2S2. The molecule has 6 heteroatoms. The van der Waals surface area contributed by atoms with Gasteiger partial charge in [0, 0.05) is 21.1 Å². The number of nitrogens with two attached hydrogens (primary N) is 1. The summed E-state index contributed by atoms with van der Waals surface area (Å²) in [5, 5.41) is 0. The van der Waals surface area contributed by atoms with Crippen LogP contribution in [-0.4, -0.2) is 19.1 Å². The van der Waals surface area contributed by atoms with E-state index in [0.717, 1.165) is 8.66 Å². The lowest BCUT2D eigenvalue weighted by Gasteiger charge is -2.06. The molecular weight excluding hydrogens is 334 g/mol. The number of halogens is 1. The van der Waals surface area contributed by atoms with Gasteiger partial charge in [-0.25, -0.2) is 0 Å². The van der Waals surface area contributed by atoms with Crippen LogP contribution in [0.4, 0.5) is 0 Å². The molecule has 0 saturated carbocycles. The highest BCUT2D eigenvalue weighted by molar-refractivity contribution is 9.11. The summed E-state index contributed by atoms with van der Waals surface area (Å²) in [6.45, 7) is 0. The molecule has 0 spiro atoms. The molecule has 18 heavy (non-hydrogen) atoms. The third-order valence-electron chi connectivity index (χ3n) is 2.40. The van der Waals surface area contributed by atoms with Crippen molar-refractivity contribution < 1.29 is 9.53 Å². The van der Waals surface area contributed by atoms with Crippen LogP contribution in [0.5, 0.6) is 0 Å². The lowest BCUT2D eigenvalue weighted by molar-refractivity contribution is -0.142. The predicted molar refractivity (Wildman–Crippen MR) is 79.0 cm³/mol. The molecule has 0 amide bonds. The first-order valence-electron chi connectivity index (χ1n) is 5.28. The van der Waals surface area contributed by atoms with Gasteiger partial charge in [-0.1, -0.05) is 0 Å². The summed E-state index contributed by atoms with van der Waals surface area (Å²) in [6, 6.07) is 7.58. The maximum absolute atomic E-state index is 11.2. The molecule has 3 nitrogen and oxygen atoms in total. The van der Waals surface area contributed by atoms with E-state index < -0.39 is 6.04 Å². The average Bonchev–Trinajstić information content (AvgIpc) is 2.96. The minimum atomic E-state index is -0.587. The van der Waals surface area contributed by atoms with Gasteiger partial charge in [-0.3, -0.25) is 4.79 Å². The van der Waals surface area contributed by atoms with Gasteiger partial charge in [0.2, 0.25) is 0 Å². The second-order valence-corrected chi connectivity index (χ2v) is 7.33. The van der Waals surface area contributed by atoms with Gasteiger partial charge in [-0.15, -0.1) is 22.7 Å². The topological polar surface area (TPSA) is 52.3 Å². The summed E-state index contributed by atoms with van der Waals surface area (Å²) in [6.07, 6.45) is 0.518. The fourth-order valence-electron chi connectivity index (χ4n) is 1.52. The van der Waals surface area contributed by atoms with Crippen molar-refractivity contribution in [3.05, 3.63) is 32.9 Å². The van der Waals surface area contributed by atoms with E-state index >= 15 is 0 Å². The summed E-state index contributed by atoms with van der Waals surface area (Å²) in [5.41, 5.74) is 5.74. The monoisotopic (exact) mass is 345 g/mol. The van der Waals surface area contributed by atoms with E-state index in [2.05, 4.69) is 32.8 Å². The van der Waals surface area contributed by atoms with Crippen molar-refractivity contribution in [3.63, 3.8) is 0 Å². The number of ether oxygens (including phenoxy) is 1.